The zero-order valence-electron chi connectivity index (χ0n) is 11.5. The first-order valence-corrected chi connectivity index (χ1v) is 7.50. The van der Waals surface area contributed by atoms with E-state index in [1.165, 1.54) is 6.33 Å². The fraction of sp³-hybridized carbons (Fsp3) is 0.125. The summed E-state index contributed by atoms with van der Waals surface area (Å²) in [6.45, 7) is 2.75. The van der Waals surface area contributed by atoms with Crippen molar-refractivity contribution in [3.63, 3.8) is 0 Å². The molecule has 4 nitrogen and oxygen atoms in total. The molecule has 0 fully saturated rings. The minimum atomic E-state index is -0.182. The van der Waals surface area contributed by atoms with Crippen molar-refractivity contribution in [2.45, 2.75) is 6.92 Å². The quantitative estimate of drug-likeness (QED) is 0.785. The maximum Gasteiger partial charge on any atom is 0.267 e. The monoisotopic (exact) mass is 343 g/mol. The second-order valence-electron chi connectivity index (χ2n) is 4.61. The van der Waals surface area contributed by atoms with Crippen LogP contribution in [0.3, 0.4) is 0 Å². The molecule has 1 aromatic heterocycles. The third-order valence-electron chi connectivity index (χ3n) is 3.41. The lowest BCUT2D eigenvalue weighted by Crippen LogP contribution is -2.21. The number of hydrogen-bond donors (Lipinski definition) is 1. The van der Waals surface area contributed by atoms with Crippen LogP contribution in [0.2, 0.25) is 0 Å². The maximum atomic E-state index is 11.8. The number of aromatic amines is 1. The number of H-pyrrole nitrogens is 1. The first-order chi connectivity index (χ1) is 10.2. The fourth-order valence-electron chi connectivity index (χ4n) is 2.44. The summed E-state index contributed by atoms with van der Waals surface area (Å²) in [5.74, 6) is 0.623. The van der Waals surface area contributed by atoms with Gasteiger partial charge >= 0.3 is 0 Å². The Kier molecular flexibility index (Phi) is 3.75. The molecule has 3 aromatic rings. The lowest BCUT2D eigenvalue weighted by atomic mass is 10.1. The number of nitrogens with one attached hydrogen (secondary N) is 1. The molecule has 0 aliphatic carbocycles. The summed E-state index contributed by atoms with van der Waals surface area (Å²) in [5, 5.41) is 2.30. The van der Waals surface area contributed by atoms with Crippen LogP contribution in [0.4, 0.5) is 11.5 Å². The molecule has 0 bridgehead atoms. The molecular formula is C16H14BrN3O. The highest BCUT2D eigenvalue weighted by atomic mass is 79.9. The van der Waals surface area contributed by atoms with Crippen molar-refractivity contribution in [3.8, 4) is 0 Å². The first kappa shape index (κ1) is 13.8. The van der Waals surface area contributed by atoms with Crippen molar-refractivity contribution < 1.29 is 0 Å². The third-order valence-corrected chi connectivity index (χ3v) is 4.12. The molecule has 0 aliphatic rings. The number of rotatable bonds is 3. The molecule has 3 rings (SSSR count). The van der Waals surface area contributed by atoms with E-state index in [9.17, 15) is 4.79 Å². The molecule has 0 unspecified atom stereocenters. The summed E-state index contributed by atoms with van der Waals surface area (Å²) >= 11 is 3.34. The Morgan fingerprint density at radius 1 is 1.19 bits per heavy atom. The number of anilines is 2. The molecule has 0 saturated carbocycles. The highest BCUT2D eigenvalue weighted by Gasteiger charge is 2.16. The normalized spacial score (nSPS) is 10.8. The van der Waals surface area contributed by atoms with Gasteiger partial charge in [0.25, 0.3) is 5.56 Å². The predicted molar refractivity (Wildman–Crippen MR) is 89.2 cm³/mol. The zero-order valence-corrected chi connectivity index (χ0v) is 13.1. The van der Waals surface area contributed by atoms with Crippen molar-refractivity contribution in [2.75, 3.05) is 11.4 Å². The molecule has 0 aliphatic heterocycles. The van der Waals surface area contributed by atoms with E-state index in [0.29, 0.717) is 16.8 Å². The number of aromatic nitrogens is 2. The Bertz CT molecular complexity index is 839. The summed E-state index contributed by atoms with van der Waals surface area (Å²) in [5.41, 5.74) is 0.855. The van der Waals surface area contributed by atoms with Gasteiger partial charge < -0.3 is 9.88 Å². The standard InChI is InChI=1S/C16H14BrN3O/c1-2-20(15-14(17)16(21)19-10-18-15)13-9-5-7-11-6-3-4-8-12(11)13/h3-10H,2H2,1H3,(H,18,19,21). The highest BCUT2D eigenvalue weighted by Crippen LogP contribution is 2.33. The molecule has 1 N–H and O–H groups in total. The maximum absolute atomic E-state index is 11.8. The smallest absolute Gasteiger partial charge is 0.267 e. The van der Waals surface area contributed by atoms with Gasteiger partial charge in [-0.1, -0.05) is 36.4 Å². The number of halogens is 1. The fourth-order valence-corrected chi connectivity index (χ4v) is 2.87. The summed E-state index contributed by atoms with van der Waals surface area (Å²) < 4.78 is 0.444. The summed E-state index contributed by atoms with van der Waals surface area (Å²) in [6.07, 6.45) is 1.43. The van der Waals surface area contributed by atoms with E-state index in [0.717, 1.165) is 16.5 Å². The Balaban J connectivity index is 2.24. The van der Waals surface area contributed by atoms with Crippen LogP contribution in [0.1, 0.15) is 6.92 Å². The van der Waals surface area contributed by atoms with Crippen molar-refractivity contribution >= 4 is 38.2 Å². The minimum absolute atomic E-state index is 0.182. The van der Waals surface area contributed by atoms with Gasteiger partial charge in [0.1, 0.15) is 4.47 Å². The second kappa shape index (κ2) is 5.69. The number of nitrogens with zero attached hydrogens (tertiary/aromatic N) is 2. The van der Waals surface area contributed by atoms with Crippen molar-refractivity contribution in [3.05, 3.63) is 63.6 Å². The Hall–Kier alpha value is -2.14. The van der Waals surface area contributed by atoms with E-state index in [4.69, 9.17) is 0 Å². The van der Waals surface area contributed by atoms with Crippen molar-refractivity contribution in [1.29, 1.82) is 0 Å². The predicted octanol–water partition coefficient (Wildman–Crippen LogP) is 3.84. The topological polar surface area (TPSA) is 49.0 Å². The van der Waals surface area contributed by atoms with Crippen LogP contribution in [0.25, 0.3) is 10.8 Å². The van der Waals surface area contributed by atoms with Gasteiger partial charge in [-0.2, -0.15) is 0 Å². The molecule has 106 valence electrons. The van der Waals surface area contributed by atoms with E-state index in [-0.39, 0.29) is 5.56 Å². The van der Waals surface area contributed by atoms with Gasteiger partial charge in [0.2, 0.25) is 0 Å². The molecule has 21 heavy (non-hydrogen) atoms. The van der Waals surface area contributed by atoms with E-state index >= 15 is 0 Å². The molecule has 0 saturated heterocycles. The number of hydrogen-bond acceptors (Lipinski definition) is 3. The van der Waals surface area contributed by atoms with Crippen LogP contribution in [0, 0.1) is 0 Å². The molecule has 0 amide bonds. The molecule has 2 aromatic carbocycles. The van der Waals surface area contributed by atoms with E-state index in [1.54, 1.807) is 0 Å². The summed E-state index contributed by atoms with van der Waals surface area (Å²) in [6, 6.07) is 14.3. The number of fused-ring (bicyclic) bond motifs is 1. The molecule has 0 atom stereocenters. The lowest BCUT2D eigenvalue weighted by Gasteiger charge is -2.24. The average Bonchev–Trinajstić information content (AvgIpc) is 2.52. The van der Waals surface area contributed by atoms with Crippen molar-refractivity contribution in [2.24, 2.45) is 0 Å². The van der Waals surface area contributed by atoms with Crippen LogP contribution in [0.15, 0.2) is 58.1 Å². The lowest BCUT2D eigenvalue weighted by molar-refractivity contribution is 0.962. The largest absolute Gasteiger partial charge is 0.325 e. The second-order valence-corrected chi connectivity index (χ2v) is 5.40. The van der Waals surface area contributed by atoms with Gasteiger partial charge in [0, 0.05) is 11.9 Å². The van der Waals surface area contributed by atoms with Gasteiger partial charge in [-0.05, 0) is 34.3 Å². The van der Waals surface area contributed by atoms with Crippen LogP contribution in [-0.2, 0) is 0 Å². The van der Waals surface area contributed by atoms with E-state index in [2.05, 4.69) is 44.1 Å². The highest BCUT2D eigenvalue weighted by molar-refractivity contribution is 9.10. The Labute approximate surface area is 130 Å². The third kappa shape index (κ3) is 2.45. The molecule has 0 spiro atoms. The number of benzene rings is 2. The SMILES string of the molecule is CCN(c1nc[nH]c(=O)c1Br)c1cccc2ccccc12. The van der Waals surface area contributed by atoms with E-state index < -0.39 is 0 Å². The summed E-state index contributed by atoms with van der Waals surface area (Å²) in [4.78, 5) is 20.7. The van der Waals surface area contributed by atoms with Gasteiger partial charge in [0.05, 0.1) is 12.0 Å². The Morgan fingerprint density at radius 3 is 2.76 bits per heavy atom. The van der Waals surface area contributed by atoms with Crippen LogP contribution < -0.4 is 10.5 Å². The van der Waals surface area contributed by atoms with Gasteiger partial charge in [0.15, 0.2) is 5.82 Å². The summed E-state index contributed by atoms with van der Waals surface area (Å²) in [7, 11) is 0. The van der Waals surface area contributed by atoms with Crippen LogP contribution in [-0.4, -0.2) is 16.5 Å². The van der Waals surface area contributed by atoms with Crippen LogP contribution in [0.5, 0.6) is 0 Å². The van der Waals surface area contributed by atoms with Crippen molar-refractivity contribution in [1.82, 2.24) is 9.97 Å². The first-order valence-electron chi connectivity index (χ1n) is 6.71. The Morgan fingerprint density at radius 2 is 1.95 bits per heavy atom. The van der Waals surface area contributed by atoms with E-state index in [1.807, 2.05) is 36.1 Å². The van der Waals surface area contributed by atoms with Gasteiger partial charge in [-0.3, -0.25) is 4.79 Å². The average molecular weight is 344 g/mol. The van der Waals surface area contributed by atoms with Gasteiger partial charge in [-0.25, -0.2) is 4.98 Å². The van der Waals surface area contributed by atoms with Crippen LogP contribution >= 0.6 is 15.9 Å². The minimum Gasteiger partial charge on any atom is -0.325 e. The molecular weight excluding hydrogens is 330 g/mol. The van der Waals surface area contributed by atoms with Gasteiger partial charge in [-0.15, -0.1) is 0 Å². The zero-order chi connectivity index (χ0) is 14.8. The molecule has 5 heteroatoms. The molecule has 1 heterocycles. The molecule has 0 radical (unpaired) electrons.